The summed E-state index contributed by atoms with van der Waals surface area (Å²) in [5, 5.41) is 4.11. The lowest BCUT2D eigenvalue weighted by atomic mass is 9.93. The molecule has 0 heteroatoms. The first-order chi connectivity index (χ1) is 7.79. The van der Waals surface area contributed by atoms with Gasteiger partial charge in [0.05, 0.1) is 0 Å². The lowest BCUT2D eigenvalue weighted by Gasteiger charge is -2.10. The molecule has 0 unspecified atom stereocenters. The molecule has 0 heterocycles. The summed E-state index contributed by atoms with van der Waals surface area (Å²) >= 11 is 0. The van der Waals surface area contributed by atoms with Gasteiger partial charge in [-0.15, -0.1) is 0 Å². The third-order valence-corrected chi connectivity index (χ3v) is 3.01. The zero-order valence-corrected chi connectivity index (χ0v) is 8.77. The zero-order valence-electron chi connectivity index (χ0n) is 8.77. The third kappa shape index (κ3) is 1.16. The number of rotatable bonds is 0. The highest BCUT2D eigenvalue weighted by Gasteiger charge is 2.07. The highest BCUT2D eigenvalue weighted by molar-refractivity contribution is 6.06. The smallest absolute Gasteiger partial charge is 0.000117 e. The molecule has 0 amide bonds. The van der Waals surface area contributed by atoms with Crippen LogP contribution in [0.2, 0.25) is 0 Å². The largest absolute Gasteiger partial charge is 0.0616 e. The van der Waals surface area contributed by atoms with E-state index < -0.39 is 0 Å². The average molecular weight is 202 g/mol. The van der Waals surface area contributed by atoms with Gasteiger partial charge in [-0.05, 0) is 32.7 Å². The molecule has 0 spiro atoms. The Morgan fingerprint density at radius 1 is 0.500 bits per heavy atom. The predicted octanol–water partition coefficient (Wildman–Crippen LogP) is 4.11. The predicted molar refractivity (Wildman–Crippen MR) is 68.3 cm³/mol. The van der Waals surface area contributed by atoms with Gasteiger partial charge in [0.1, 0.15) is 0 Å². The van der Waals surface area contributed by atoms with Crippen molar-refractivity contribution in [3.8, 4) is 0 Å². The Morgan fingerprint density at radius 2 is 0.750 bits per heavy atom. The standard InChI is InChI=1S/C16H10/c1-11-13-7-3-5-9-15(13)12(2)16-10-6-4-8-14(11)16/h1-10H. The summed E-state index contributed by atoms with van der Waals surface area (Å²) in [6.07, 6.45) is 0. The topological polar surface area (TPSA) is 0 Å². The van der Waals surface area contributed by atoms with E-state index in [-0.39, 0.29) is 0 Å². The van der Waals surface area contributed by atoms with Crippen molar-refractivity contribution in [2.24, 2.45) is 0 Å². The van der Waals surface area contributed by atoms with Gasteiger partial charge >= 0.3 is 0 Å². The average Bonchev–Trinajstić information content (AvgIpc) is 2.36. The van der Waals surface area contributed by atoms with Crippen molar-refractivity contribution in [1.29, 1.82) is 0 Å². The van der Waals surface area contributed by atoms with Crippen LogP contribution in [-0.2, 0) is 0 Å². The maximum absolute atomic E-state index is 6.17. The molecule has 0 bridgehead atoms. The summed E-state index contributed by atoms with van der Waals surface area (Å²) in [7, 11) is 0. The lowest BCUT2D eigenvalue weighted by Crippen LogP contribution is -1.87. The summed E-state index contributed by atoms with van der Waals surface area (Å²) in [6.45, 7) is 12.3. The van der Waals surface area contributed by atoms with E-state index in [4.69, 9.17) is 13.8 Å². The first kappa shape index (κ1) is 9.41. The second-order valence-corrected chi connectivity index (χ2v) is 3.92. The van der Waals surface area contributed by atoms with Crippen molar-refractivity contribution in [2.45, 2.75) is 0 Å². The molecule has 0 saturated heterocycles. The van der Waals surface area contributed by atoms with Crippen molar-refractivity contribution < 1.29 is 0 Å². The van der Waals surface area contributed by atoms with Crippen LogP contribution in [0.3, 0.4) is 0 Å². The normalized spacial score (nSPS) is 11.1. The maximum atomic E-state index is 6.17. The van der Waals surface area contributed by atoms with Crippen molar-refractivity contribution >= 4 is 21.5 Å². The van der Waals surface area contributed by atoms with Crippen LogP contribution in [0.4, 0.5) is 0 Å². The Morgan fingerprint density at radius 3 is 1.00 bits per heavy atom. The molecule has 0 fully saturated rings. The minimum absolute atomic E-state index is 0.806. The minimum atomic E-state index is 0.806. The van der Waals surface area contributed by atoms with Gasteiger partial charge in [-0.3, -0.25) is 0 Å². The van der Waals surface area contributed by atoms with E-state index in [0.29, 0.717) is 0 Å². The Hall–Kier alpha value is -1.82. The van der Waals surface area contributed by atoms with Crippen LogP contribution in [0.25, 0.3) is 21.5 Å². The second-order valence-electron chi connectivity index (χ2n) is 3.92. The van der Waals surface area contributed by atoms with Crippen LogP contribution < -0.4 is 0 Å². The van der Waals surface area contributed by atoms with E-state index in [1.54, 1.807) is 0 Å². The van der Waals surface area contributed by atoms with Gasteiger partial charge in [-0.25, -0.2) is 0 Å². The second kappa shape index (κ2) is 3.34. The number of fused-ring (bicyclic) bond motifs is 2. The van der Waals surface area contributed by atoms with Crippen LogP contribution in [0.1, 0.15) is 11.1 Å². The summed E-state index contributed by atoms with van der Waals surface area (Å²) in [5.41, 5.74) is 1.61. The first-order valence-corrected chi connectivity index (χ1v) is 5.23. The molecule has 3 aromatic rings. The van der Waals surface area contributed by atoms with Gasteiger partial charge in [0, 0.05) is 13.8 Å². The van der Waals surface area contributed by atoms with Gasteiger partial charge in [0.15, 0.2) is 0 Å². The van der Waals surface area contributed by atoms with E-state index in [2.05, 4.69) is 0 Å². The monoisotopic (exact) mass is 202 g/mol. The van der Waals surface area contributed by atoms with Gasteiger partial charge in [0.25, 0.3) is 0 Å². The number of benzene rings is 3. The Bertz CT molecular complexity index is 561. The SMILES string of the molecule is [CH]c1c2ccccc2c([CH])c2ccccc12. The van der Waals surface area contributed by atoms with Crippen LogP contribution in [0, 0.1) is 13.8 Å². The zero-order chi connectivity index (χ0) is 11.1. The number of hydrogen-bond donors (Lipinski definition) is 0. The third-order valence-electron chi connectivity index (χ3n) is 3.01. The molecule has 16 heavy (non-hydrogen) atoms. The number of hydrogen-bond acceptors (Lipinski definition) is 0. The molecule has 3 aromatic carbocycles. The summed E-state index contributed by atoms with van der Waals surface area (Å²) < 4.78 is 0. The molecule has 0 aliphatic heterocycles. The van der Waals surface area contributed by atoms with E-state index in [1.807, 2.05) is 48.5 Å². The Kier molecular flexibility index (Phi) is 1.97. The van der Waals surface area contributed by atoms with Crippen molar-refractivity contribution in [3.63, 3.8) is 0 Å². The lowest BCUT2D eigenvalue weighted by molar-refractivity contribution is 1.68. The summed E-state index contributed by atoms with van der Waals surface area (Å²) in [4.78, 5) is 0. The molecule has 0 atom stereocenters. The molecule has 0 aliphatic rings. The van der Waals surface area contributed by atoms with Crippen molar-refractivity contribution in [1.82, 2.24) is 0 Å². The van der Waals surface area contributed by atoms with Gasteiger partial charge in [0.2, 0.25) is 0 Å². The molecule has 4 radical (unpaired) electrons. The Balaban J connectivity index is 2.67. The van der Waals surface area contributed by atoms with Gasteiger partial charge < -0.3 is 0 Å². The molecule has 0 N–H and O–H groups in total. The molecule has 0 aliphatic carbocycles. The van der Waals surface area contributed by atoms with E-state index in [1.165, 1.54) is 0 Å². The molecule has 0 nitrogen and oxygen atoms in total. The molecule has 3 rings (SSSR count). The summed E-state index contributed by atoms with van der Waals surface area (Å²) in [5.74, 6) is 0. The van der Waals surface area contributed by atoms with Crippen molar-refractivity contribution in [2.75, 3.05) is 0 Å². The van der Waals surface area contributed by atoms with E-state index in [9.17, 15) is 0 Å². The van der Waals surface area contributed by atoms with Crippen LogP contribution in [0.15, 0.2) is 48.5 Å². The van der Waals surface area contributed by atoms with Gasteiger partial charge in [-0.2, -0.15) is 0 Å². The minimum Gasteiger partial charge on any atom is -0.0616 e. The van der Waals surface area contributed by atoms with Crippen LogP contribution in [0.5, 0.6) is 0 Å². The highest BCUT2D eigenvalue weighted by Crippen LogP contribution is 2.31. The highest BCUT2D eigenvalue weighted by atomic mass is 14.1. The maximum Gasteiger partial charge on any atom is 0.000117 e. The molecule has 0 aromatic heterocycles. The van der Waals surface area contributed by atoms with Crippen LogP contribution in [-0.4, -0.2) is 0 Å². The molecular weight excluding hydrogens is 192 g/mol. The fourth-order valence-corrected chi connectivity index (χ4v) is 2.20. The van der Waals surface area contributed by atoms with Gasteiger partial charge in [-0.1, -0.05) is 48.5 Å². The Labute approximate surface area is 95.5 Å². The molecular formula is C16H10. The fourth-order valence-electron chi connectivity index (χ4n) is 2.20. The van der Waals surface area contributed by atoms with E-state index >= 15 is 0 Å². The quantitative estimate of drug-likeness (QED) is 0.481. The first-order valence-electron chi connectivity index (χ1n) is 5.23. The molecule has 0 saturated carbocycles. The van der Waals surface area contributed by atoms with Crippen molar-refractivity contribution in [3.05, 3.63) is 73.5 Å². The fraction of sp³-hybridized carbons (Fsp3) is 0. The van der Waals surface area contributed by atoms with Crippen LogP contribution >= 0.6 is 0 Å². The molecule has 74 valence electrons. The summed E-state index contributed by atoms with van der Waals surface area (Å²) in [6, 6.07) is 15.9. The van der Waals surface area contributed by atoms with E-state index in [0.717, 1.165) is 32.7 Å².